The molecule has 31 heavy (non-hydrogen) atoms. The average molecular weight is 434 g/mol. The molecule has 2 atom stereocenters. The second-order valence-corrected chi connectivity index (χ2v) is 8.87. The van der Waals surface area contributed by atoms with Crippen molar-refractivity contribution in [2.75, 3.05) is 19.8 Å². The van der Waals surface area contributed by atoms with Crippen LogP contribution in [0.15, 0.2) is 30.3 Å². The minimum atomic E-state index is -0.708. The van der Waals surface area contributed by atoms with Crippen molar-refractivity contribution in [3.8, 4) is 0 Å². The predicted molar refractivity (Wildman–Crippen MR) is 116 cm³/mol. The molecular weight excluding hydrogens is 398 g/mol. The van der Waals surface area contributed by atoms with Crippen LogP contribution >= 0.6 is 0 Å². The number of esters is 1. The van der Waals surface area contributed by atoms with Crippen molar-refractivity contribution in [1.29, 1.82) is 0 Å². The largest absolute Gasteiger partial charge is 0.460 e. The zero-order valence-electron chi connectivity index (χ0n) is 19.1. The molecule has 0 aliphatic carbocycles. The molecule has 1 fully saturated rings. The summed E-state index contributed by atoms with van der Waals surface area (Å²) in [5.41, 5.74) is 0.361. The van der Waals surface area contributed by atoms with Crippen LogP contribution in [0.2, 0.25) is 0 Å². The predicted octanol–water partition coefficient (Wildman–Crippen LogP) is 4.13. The number of imide groups is 1. The van der Waals surface area contributed by atoms with Crippen LogP contribution in [0.1, 0.15) is 58.9 Å². The molecular formula is C24H35NO6. The summed E-state index contributed by atoms with van der Waals surface area (Å²) in [6, 6.07) is 9.24. The molecule has 7 nitrogen and oxygen atoms in total. The Labute approximate surface area is 185 Å². The summed E-state index contributed by atoms with van der Waals surface area (Å²) in [6.45, 7) is 8.50. The van der Waals surface area contributed by atoms with Gasteiger partial charge in [-0.2, -0.15) is 0 Å². The van der Waals surface area contributed by atoms with Gasteiger partial charge in [0, 0.05) is 13.2 Å². The molecule has 1 aliphatic rings. The fraction of sp³-hybridized carbons (Fsp3) is 0.625. The minimum Gasteiger partial charge on any atom is -0.460 e. The fourth-order valence-electron chi connectivity index (χ4n) is 3.43. The maximum atomic E-state index is 13.3. The van der Waals surface area contributed by atoms with Crippen molar-refractivity contribution in [2.45, 2.75) is 71.4 Å². The number of benzene rings is 1. The van der Waals surface area contributed by atoms with Crippen molar-refractivity contribution >= 4 is 18.0 Å². The number of unbranched alkanes of at least 4 members (excludes halogenated alkanes) is 1. The van der Waals surface area contributed by atoms with E-state index in [1.807, 2.05) is 30.3 Å². The maximum absolute atomic E-state index is 13.3. The maximum Gasteiger partial charge on any atom is 0.416 e. The van der Waals surface area contributed by atoms with Crippen LogP contribution in [0, 0.1) is 5.92 Å². The summed E-state index contributed by atoms with van der Waals surface area (Å²) in [5.74, 6) is -1.58. The van der Waals surface area contributed by atoms with Crippen molar-refractivity contribution in [3.05, 3.63) is 35.9 Å². The standard InChI is InChI=1S/C24H35NO6/c1-5-6-13-29-14-12-19(16-21(26)31-24(2,3)4)22(27)25-20(17-30-23(25)28)15-18-10-8-7-9-11-18/h7-11,19-20H,5-6,12-17H2,1-4H3/t19-,20+/m0/s1. The number of hydrogen-bond acceptors (Lipinski definition) is 6. The van der Waals surface area contributed by atoms with Crippen LogP contribution in [-0.4, -0.2) is 54.3 Å². The summed E-state index contributed by atoms with van der Waals surface area (Å²) in [5, 5.41) is 0. The Bertz CT molecular complexity index is 727. The molecule has 0 unspecified atom stereocenters. The highest BCUT2D eigenvalue weighted by Gasteiger charge is 2.41. The molecule has 7 heteroatoms. The lowest BCUT2D eigenvalue weighted by Gasteiger charge is -2.26. The molecule has 0 spiro atoms. The number of cyclic esters (lactones) is 1. The molecule has 1 heterocycles. The SMILES string of the molecule is CCCCOCC[C@@H](CC(=O)OC(C)(C)C)C(=O)N1C(=O)OC[C@H]1Cc1ccccc1. The van der Waals surface area contributed by atoms with Crippen molar-refractivity contribution in [3.63, 3.8) is 0 Å². The third kappa shape index (κ3) is 8.32. The molecule has 2 amide bonds. The van der Waals surface area contributed by atoms with Crippen LogP contribution in [0.4, 0.5) is 4.79 Å². The Morgan fingerprint density at radius 2 is 1.90 bits per heavy atom. The molecule has 172 valence electrons. The summed E-state index contributed by atoms with van der Waals surface area (Å²) >= 11 is 0. The van der Waals surface area contributed by atoms with Crippen LogP contribution in [0.3, 0.4) is 0 Å². The molecule has 1 saturated heterocycles. The van der Waals surface area contributed by atoms with Gasteiger partial charge >= 0.3 is 12.1 Å². The third-order valence-electron chi connectivity index (χ3n) is 4.95. The van der Waals surface area contributed by atoms with Gasteiger partial charge in [0.2, 0.25) is 5.91 Å². The normalized spacial score (nSPS) is 17.4. The number of carbonyl (C=O) groups is 3. The monoisotopic (exact) mass is 433 g/mol. The van der Waals surface area contributed by atoms with Gasteiger partial charge in [0.05, 0.1) is 18.4 Å². The Morgan fingerprint density at radius 1 is 1.19 bits per heavy atom. The third-order valence-corrected chi connectivity index (χ3v) is 4.95. The highest BCUT2D eigenvalue weighted by molar-refractivity contribution is 5.96. The first kappa shape index (κ1) is 24.9. The molecule has 0 radical (unpaired) electrons. The zero-order valence-corrected chi connectivity index (χ0v) is 19.1. The van der Waals surface area contributed by atoms with Gasteiger partial charge in [-0.3, -0.25) is 9.59 Å². The van der Waals surface area contributed by atoms with Crippen LogP contribution in [0.25, 0.3) is 0 Å². The van der Waals surface area contributed by atoms with Crippen LogP contribution in [-0.2, 0) is 30.2 Å². The molecule has 2 rings (SSSR count). The summed E-state index contributed by atoms with van der Waals surface area (Å²) in [6.07, 6.45) is 2.03. The minimum absolute atomic E-state index is 0.102. The van der Waals surface area contributed by atoms with Crippen LogP contribution < -0.4 is 0 Å². The smallest absolute Gasteiger partial charge is 0.416 e. The van der Waals surface area contributed by atoms with Crippen LogP contribution in [0.5, 0.6) is 0 Å². The lowest BCUT2D eigenvalue weighted by atomic mass is 9.98. The molecule has 0 bridgehead atoms. The van der Waals surface area contributed by atoms with Gasteiger partial charge in [0.15, 0.2) is 0 Å². The van der Waals surface area contributed by atoms with E-state index in [9.17, 15) is 14.4 Å². The average Bonchev–Trinajstić information content (AvgIpc) is 3.05. The number of hydrogen-bond donors (Lipinski definition) is 0. The molecule has 1 aromatic rings. The molecule has 1 aliphatic heterocycles. The van der Waals surface area contributed by atoms with Gasteiger partial charge in [0.25, 0.3) is 0 Å². The Hall–Kier alpha value is -2.41. The Balaban J connectivity index is 2.09. The van der Waals surface area contributed by atoms with Crippen molar-refractivity contribution < 1.29 is 28.6 Å². The van der Waals surface area contributed by atoms with E-state index >= 15 is 0 Å². The van der Waals surface area contributed by atoms with E-state index in [1.54, 1.807) is 20.8 Å². The topological polar surface area (TPSA) is 82.1 Å². The Kier molecular flexibility index (Phi) is 9.49. The van der Waals surface area contributed by atoms with E-state index in [2.05, 4.69) is 6.92 Å². The van der Waals surface area contributed by atoms with Gasteiger partial charge in [-0.25, -0.2) is 9.69 Å². The van der Waals surface area contributed by atoms with Gasteiger partial charge in [-0.05, 0) is 45.6 Å². The van der Waals surface area contributed by atoms with E-state index in [0.717, 1.165) is 18.4 Å². The zero-order chi connectivity index (χ0) is 22.9. The van der Waals surface area contributed by atoms with Gasteiger partial charge in [-0.1, -0.05) is 43.7 Å². The molecule has 1 aromatic carbocycles. The van der Waals surface area contributed by atoms with E-state index in [0.29, 0.717) is 26.1 Å². The molecule has 0 saturated carbocycles. The second-order valence-electron chi connectivity index (χ2n) is 8.87. The van der Waals surface area contributed by atoms with Gasteiger partial charge in [0.1, 0.15) is 12.2 Å². The number of rotatable bonds is 11. The summed E-state index contributed by atoms with van der Waals surface area (Å²) in [4.78, 5) is 39.3. The van der Waals surface area contributed by atoms with E-state index < -0.39 is 35.5 Å². The van der Waals surface area contributed by atoms with Crippen molar-refractivity contribution in [2.24, 2.45) is 5.92 Å². The van der Waals surface area contributed by atoms with Crippen molar-refractivity contribution in [1.82, 2.24) is 4.90 Å². The first-order valence-electron chi connectivity index (χ1n) is 11.0. The van der Waals surface area contributed by atoms with E-state index in [1.165, 1.54) is 4.90 Å². The lowest BCUT2D eigenvalue weighted by Crippen LogP contribution is -2.44. The second kappa shape index (κ2) is 11.8. The van der Waals surface area contributed by atoms with E-state index in [4.69, 9.17) is 14.2 Å². The quantitative estimate of drug-likeness (QED) is 0.385. The summed E-state index contributed by atoms with van der Waals surface area (Å²) in [7, 11) is 0. The highest BCUT2D eigenvalue weighted by atomic mass is 16.6. The van der Waals surface area contributed by atoms with Gasteiger partial charge in [-0.15, -0.1) is 0 Å². The summed E-state index contributed by atoms with van der Waals surface area (Å²) < 4.78 is 16.2. The first-order chi connectivity index (χ1) is 14.7. The molecule has 0 aromatic heterocycles. The van der Waals surface area contributed by atoms with Gasteiger partial charge < -0.3 is 14.2 Å². The number of amides is 2. The first-order valence-corrected chi connectivity index (χ1v) is 11.0. The highest BCUT2D eigenvalue weighted by Crippen LogP contribution is 2.24. The number of nitrogens with zero attached hydrogens (tertiary/aromatic N) is 1. The lowest BCUT2D eigenvalue weighted by molar-refractivity contribution is -0.158. The fourth-order valence-corrected chi connectivity index (χ4v) is 3.43. The molecule has 0 N–H and O–H groups in total. The Morgan fingerprint density at radius 3 is 2.55 bits per heavy atom. The number of ether oxygens (including phenoxy) is 3. The van der Waals surface area contributed by atoms with E-state index in [-0.39, 0.29) is 13.0 Å². The number of carbonyl (C=O) groups excluding carboxylic acids is 3.